The second kappa shape index (κ2) is 8.52. The Morgan fingerprint density at radius 3 is 2.48 bits per heavy atom. The van der Waals surface area contributed by atoms with E-state index in [2.05, 4.69) is 5.32 Å². The third-order valence-corrected chi connectivity index (χ3v) is 3.97. The minimum Gasteiger partial charge on any atom is -0.468 e. The van der Waals surface area contributed by atoms with Crippen LogP contribution in [0.5, 0.6) is 0 Å². The van der Waals surface area contributed by atoms with E-state index in [4.69, 9.17) is 9.47 Å². The van der Waals surface area contributed by atoms with Crippen LogP contribution in [0.15, 0.2) is 0 Å². The molecule has 0 aliphatic carbocycles. The van der Waals surface area contributed by atoms with Gasteiger partial charge in [0.15, 0.2) is 0 Å². The second-order valence-electron chi connectivity index (χ2n) is 7.37. The van der Waals surface area contributed by atoms with E-state index in [0.717, 1.165) is 32.2 Å². The zero-order valence-corrected chi connectivity index (χ0v) is 15.3. The lowest BCUT2D eigenvalue weighted by molar-refractivity contribution is -0.142. The molecule has 1 aliphatic heterocycles. The number of hydrogen-bond donors (Lipinski definition) is 1. The van der Waals surface area contributed by atoms with Gasteiger partial charge >= 0.3 is 12.1 Å². The van der Waals surface area contributed by atoms with Gasteiger partial charge in [0.05, 0.1) is 7.11 Å². The number of ether oxygens (including phenoxy) is 2. The van der Waals surface area contributed by atoms with Crippen LogP contribution < -0.4 is 5.32 Å². The lowest BCUT2D eigenvalue weighted by atomic mass is 9.96. The molecule has 1 amide bonds. The fourth-order valence-corrected chi connectivity index (χ4v) is 2.95. The molecule has 1 saturated heterocycles. The molecule has 1 heterocycles. The van der Waals surface area contributed by atoms with E-state index in [1.54, 1.807) is 6.92 Å². The fourth-order valence-electron chi connectivity index (χ4n) is 2.95. The minimum absolute atomic E-state index is 0.108. The van der Waals surface area contributed by atoms with E-state index in [0.29, 0.717) is 0 Å². The van der Waals surface area contributed by atoms with Gasteiger partial charge in [-0.2, -0.15) is 0 Å². The van der Waals surface area contributed by atoms with Gasteiger partial charge in [-0.05, 0) is 60.3 Å². The number of amides is 1. The van der Waals surface area contributed by atoms with Crippen molar-refractivity contribution in [1.29, 1.82) is 0 Å². The number of hydrogen-bond acceptors (Lipinski definition) is 5. The molecular weight excluding hydrogens is 296 g/mol. The van der Waals surface area contributed by atoms with E-state index < -0.39 is 5.60 Å². The Kier molecular flexibility index (Phi) is 7.32. The molecule has 23 heavy (non-hydrogen) atoms. The first-order valence-electron chi connectivity index (χ1n) is 8.47. The number of esters is 1. The molecule has 1 fully saturated rings. The Labute approximate surface area is 139 Å². The third-order valence-electron chi connectivity index (χ3n) is 3.97. The molecule has 0 aromatic heterocycles. The van der Waals surface area contributed by atoms with Crippen molar-refractivity contribution in [1.82, 2.24) is 10.2 Å². The van der Waals surface area contributed by atoms with Gasteiger partial charge in [0.1, 0.15) is 11.6 Å². The summed E-state index contributed by atoms with van der Waals surface area (Å²) in [6.45, 7) is 10.2. The summed E-state index contributed by atoms with van der Waals surface area (Å²) in [5, 5.41) is 3.23. The molecule has 6 nitrogen and oxygen atoms in total. The quantitative estimate of drug-likeness (QED) is 0.786. The number of carbonyl (C=O) groups excluding carboxylic acids is 2. The van der Waals surface area contributed by atoms with Crippen LogP contribution in [0.25, 0.3) is 0 Å². The summed E-state index contributed by atoms with van der Waals surface area (Å²) in [5.41, 5.74) is -0.484. The maximum Gasteiger partial charge on any atom is 0.410 e. The van der Waals surface area contributed by atoms with Crippen LogP contribution in [0.2, 0.25) is 0 Å². The maximum atomic E-state index is 12.4. The normalized spacial score (nSPS) is 21.5. The summed E-state index contributed by atoms with van der Waals surface area (Å²) < 4.78 is 10.2. The molecular formula is C17H32N2O4. The Hall–Kier alpha value is -1.30. The zero-order chi connectivity index (χ0) is 17.6. The standard InChI is InChI=1S/C17H32N2O4/c1-12(18-13(2)15(20)22-6)11-14-9-7-8-10-19(14)16(21)23-17(3,4)5/h12-14,18H,7-11H2,1-6H3/t12?,13-,14?/m0/s1. The molecule has 1 N–H and O–H groups in total. The summed E-state index contributed by atoms with van der Waals surface area (Å²) in [6, 6.07) is -0.100. The minimum atomic E-state index is -0.484. The molecule has 3 atom stereocenters. The van der Waals surface area contributed by atoms with Crippen LogP contribution >= 0.6 is 0 Å². The molecule has 6 heteroatoms. The molecule has 0 aromatic rings. The van der Waals surface area contributed by atoms with Crippen molar-refractivity contribution < 1.29 is 19.1 Å². The molecule has 0 radical (unpaired) electrons. The average molecular weight is 328 g/mol. The molecule has 0 aromatic carbocycles. The Morgan fingerprint density at radius 1 is 1.26 bits per heavy atom. The van der Waals surface area contributed by atoms with E-state index in [9.17, 15) is 9.59 Å². The summed E-state index contributed by atoms with van der Waals surface area (Å²) >= 11 is 0. The monoisotopic (exact) mass is 328 g/mol. The highest BCUT2D eigenvalue weighted by molar-refractivity contribution is 5.75. The van der Waals surface area contributed by atoms with Gasteiger partial charge in [-0.1, -0.05) is 0 Å². The zero-order valence-electron chi connectivity index (χ0n) is 15.3. The van der Waals surface area contributed by atoms with Gasteiger partial charge in [-0.25, -0.2) is 4.79 Å². The van der Waals surface area contributed by atoms with Crippen molar-refractivity contribution in [2.24, 2.45) is 0 Å². The van der Waals surface area contributed by atoms with E-state index in [1.165, 1.54) is 7.11 Å². The SMILES string of the molecule is COC(=O)[C@H](C)NC(C)CC1CCCCN1C(=O)OC(C)(C)C. The van der Waals surface area contributed by atoms with Crippen molar-refractivity contribution >= 4 is 12.1 Å². The van der Waals surface area contributed by atoms with Gasteiger partial charge in [0, 0.05) is 18.6 Å². The largest absolute Gasteiger partial charge is 0.468 e. The highest BCUT2D eigenvalue weighted by Crippen LogP contribution is 2.23. The fraction of sp³-hybridized carbons (Fsp3) is 0.882. The molecule has 1 rings (SSSR count). The molecule has 0 saturated carbocycles. The maximum absolute atomic E-state index is 12.4. The summed E-state index contributed by atoms with van der Waals surface area (Å²) in [6.07, 6.45) is 3.65. The van der Waals surface area contributed by atoms with E-state index in [1.807, 2.05) is 32.6 Å². The van der Waals surface area contributed by atoms with E-state index >= 15 is 0 Å². The first-order valence-corrected chi connectivity index (χ1v) is 8.47. The van der Waals surface area contributed by atoms with E-state index in [-0.39, 0.29) is 30.2 Å². The van der Waals surface area contributed by atoms with Gasteiger partial charge < -0.3 is 19.7 Å². The number of nitrogens with one attached hydrogen (secondary N) is 1. The van der Waals surface area contributed by atoms with Crippen molar-refractivity contribution in [2.75, 3.05) is 13.7 Å². The number of carbonyl (C=O) groups is 2. The van der Waals surface area contributed by atoms with Crippen LogP contribution in [0.3, 0.4) is 0 Å². The molecule has 0 bridgehead atoms. The smallest absolute Gasteiger partial charge is 0.410 e. The van der Waals surface area contributed by atoms with Crippen molar-refractivity contribution in [2.45, 2.75) is 84.0 Å². The van der Waals surface area contributed by atoms with Gasteiger partial charge in [-0.15, -0.1) is 0 Å². The van der Waals surface area contributed by atoms with Gasteiger partial charge in [0.2, 0.25) is 0 Å². The van der Waals surface area contributed by atoms with Gasteiger partial charge in [0.25, 0.3) is 0 Å². The molecule has 0 spiro atoms. The number of methoxy groups -OCH3 is 1. The van der Waals surface area contributed by atoms with Crippen molar-refractivity contribution in [3.8, 4) is 0 Å². The Bertz CT molecular complexity index is 406. The number of nitrogens with zero attached hydrogens (tertiary/aromatic N) is 1. The highest BCUT2D eigenvalue weighted by Gasteiger charge is 2.31. The van der Waals surface area contributed by atoms with Crippen LogP contribution in [0.4, 0.5) is 4.79 Å². The Balaban J connectivity index is 2.60. The van der Waals surface area contributed by atoms with Gasteiger partial charge in [-0.3, -0.25) is 4.79 Å². The molecule has 2 unspecified atom stereocenters. The van der Waals surface area contributed by atoms with Crippen LogP contribution in [0, 0.1) is 0 Å². The topological polar surface area (TPSA) is 67.9 Å². The first-order chi connectivity index (χ1) is 10.6. The lowest BCUT2D eigenvalue weighted by Gasteiger charge is -2.38. The number of piperidine rings is 1. The predicted molar refractivity (Wildman–Crippen MR) is 89.3 cm³/mol. The first kappa shape index (κ1) is 19.7. The summed E-state index contributed by atoms with van der Waals surface area (Å²) in [4.78, 5) is 25.7. The Morgan fingerprint density at radius 2 is 1.91 bits per heavy atom. The second-order valence-corrected chi connectivity index (χ2v) is 7.37. The number of rotatable bonds is 5. The predicted octanol–water partition coefficient (Wildman–Crippen LogP) is 2.71. The number of likely N-dealkylation sites (tertiary alicyclic amines) is 1. The van der Waals surface area contributed by atoms with Crippen molar-refractivity contribution in [3.05, 3.63) is 0 Å². The average Bonchev–Trinajstić information content (AvgIpc) is 2.44. The molecule has 134 valence electrons. The summed E-state index contributed by atoms with van der Waals surface area (Å²) in [5.74, 6) is -0.274. The van der Waals surface area contributed by atoms with Crippen molar-refractivity contribution in [3.63, 3.8) is 0 Å². The summed E-state index contributed by atoms with van der Waals surface area (Å²) in [7, 11) is 1.39. The highest BCUT2D eigenvalue weighted by atomic mass is 16.6. The van der Waals surface area contributed by atoms with Crippen LogP contribution in [0.1, 0.15) is 60.3 Å². The third kappa shape index (κ3) is 6.77. The molecule has 1 aliphatic rings. The van der Waals surface area contributed by atoms with Crippen LogP contribution in [-0.4, -0.2) is 54.3 Å². The lowest BCUT2D eigenvalue weighted by Crippen LogP contribution is -2.49. The van der Waals surface area contributed by atoms with Crippen LogP contribution in [-0.2, 0) is 14.3 Å².